The molecule has 0 heterocycles. The zero-order valence-electron chi connectivity index (χ0n) is 15.0. The van der Waals surface area contributed by atoms with Crippen LogP contribution in [0.3, 0.4) is 0 Å². The zero-order chi connectivity index (χ0) is 17.5. The molecular weight excluding hydrogens is 304 g/mol. The van der Waals surface area contributed by atoms with Crippen LogP contribution in [0.5, 0.6) is 5.75 Å². The summed E-state index contributed by atoms with van der Waals surface area (Å²) in [7, 11) is 3.46. The van der Waals surface area contributed by atoms with E-state index in [-0.39, 0.29) is 24.7 Å². The maximum atomic E-state index is 11.8. The summed E-state index contributed by atoms with van der Waals surface area (Å²) in [4.78, 5) is 13.3. The molecule has 1 aliphatic rings. The van der Waals surface area contributed by atoms with E-state index in [1.165, 1.54) is 4.90 Å². The third-order valence-corrected chi connectivity index (χ3v) is 4.69. The molecule has 1 fully saturated rings. The zero-order valence-corrected chi connectivity index (χ0v) is 15.0. The van der Waals surface area contributed by atoms with Crippen molar-refractivity contribution in [2.45, 2.75) is 57.2 Å². The molecule has 5 nitrogen and oxygen atoms in total. The topological polar surface area (TPSA) is 61.8 Å². The standard InChI is InChI=1S/C19H30N2O3/c1-4-17(20-14-9-11-15(22)12-10-14)16-7-5-6-8-18(16)24-13-19(23)21(2)3/h5-8,14-15,17,20,22H,4,9-13H2,1-3H3. The van der Waals surface area contributed by atoms with Crippen molar-refractivity contribution in [3.05, 3.63) is 29.8 Å². The van der Waals surface area contributed by atoms with Crippen LogP contribution in [0.25, 0.3) is 0 Å². The smallest absolute Gasteiger partial charge is 0.259 e. The van der Waals surface area contributed by atoms with Crippen molar-refractivity contribution in [2.24, 2.45) is 0 Å². The van der Waals surface area contributed by atoms with E-state index in [2.05, 4.69) is 18.3 Å². The lowest BCUT2D eigenvalue weighted by atomic mass is 9.91. The van der Waals surface area contributed by atoms with Gasteiger partial charge in [-0.15, -0.1) is 0 Å². The lowest BCUT2D eigenvalue weighted by Gasteiger charge is -2.31. The van der Waals surface area contributed by atoms with Gasteiger partial charge in [-0.3, -0.25) is 4.79 Å². The predicted molar refractivity (Wildman–Crippen MR) is 95.1 cm³/mol. The molecule has 0 aliphatic heterocycles. The lowest BCUT2D eigenvalue weighted by molar-refractivity contribution is -0.130. The third-order valence-electron chi connectivity index (χ3n) is 4.69. The first kappa shape index (κ1) is 18.7. The molecule has 1 atom stereocenters. The highest BCUT2D eigenvalue weighted by atomic mass is 16.5. The van der Waals surface area contributed by atoms with Gasteiger partial charge in [0.05, 0.1) is 6.10 Å². The Balaban J connectivity index is 2.03. The van der Waals surface area contributed by atoms with Gasteiger partial charge in [0, 0.05) is 31.7 Å². The van der Waals surface area contributed by atoms with Crippen LogP contribution in [-0.4, -0.2) is 48.8 Å². The Bertz CT molecular complexity index is 525. The quantitative estimate of drug-likeness (QED) is 0.804. The minimum Gasteiger partial charge on any atom is -0.483 e. The number of rotatable bonds is 7. The number of aliphatic hydroxyl groups is 1. The maximum absolute atomic E-state index is 11.8. The molecule has 24 heavy (non-hydrogen) atoms. The van der Waals surface area contributed by atoms with Gasteiger partial charge in [0.1, 0.15) is 5.75 Å². The van der Waals surface area contributed by atoms with E-state index in [9.17, 15) is 9.90 Å². The number of nitrogens with one attached hydrogen (secondary N) is 1. The Morgan fingerprint density at radius 1 is 1.29 bits per heavy atom. The van der Waals surface area contributed by atoms with Crippen molar-refractivity contribution in [2.75, 3.05) is 20.7 Å². The molecule has 1 aromatic carbocycles. The van der Waals surface area contributed by atoms with Crippen LogP contribution >= 0.6 is 0 Å². The van der Waals surface area contributed by atoms with E-state index in [1.807, 2.05) is 18.2 Å². The van der Waals surface area contributed by atoms with Gasteiger partial charge >= 0.3 is 0 Å². The summed E-state index contributed by atoms with van der Waals surface area (Å²) in [6.07, 6.45) is 4.53. The number of benzene rings is 1. The molecule has 2 rings (SSSR count). The number of para-hydroxylation sites is 1. The van der Waals surface area contributed by atoms with Gasteiger partial charge < -0.3 is 20.1 Å². The molecule has 0 aromatic heterocycles. The van der Waals surface area contributed by atoms with Crippen LogP contribution in [0, 0.1) is 0 Å². The fourth-order valence-corrected chi connectivity index (χ4v) is 3.12. The molecule has 0 bridgehead atoms. The van der Waals surface area contributed by atoms with Gasteiger partial charge in [-0.25, -0.2) is 0 Å². The van der Waals surface area contributed by atoms with Crippen molar-refractivity contribution < 1.29 is 14.6 Å². The monoisotopic (exact) mass is 334 g/mol. The lowest BCUT2D eigenvalue weighted by Crippen LogP contribution is -2.37. The van der Waals surface area contributed by atoms with Crippen molar-refractivity contribution in [1.29, 1.82) is 0 Å². The summed E-state index contributed by atoms with van der Waals surface area (Å²) in [5.41, 5.74) is 1.10. The Morgan fingerprint density at radius 2 is 1.96 bits per heavy atom. The van der Waals surface area contributed by atoms with Gasteiger partial charge in [-0.2, -0.15) is 0 Å². The number of likely N-dealkylation sites (N-methyl/N-ethyl adjacent to an activating group) is 1. The largest absolute Gasteiger partial charge is 0.483 e. The minimum absolute atomic E-state index is 0.0490. The highest BCUT2D eigenvalue weighted by Gasteiger charge is 2.23. The molecule has 5 heteroatoms. The molecule has 1 aliphatic carbocycles. The average molecular weight is 334 g/mol. The van der Waals surface area contributed by atoms with E-state index >= 15 is 0 Å². The molecular formula is C19H30N2O3. The van der Waals surface area contributed by atoms with Crippen molar-refractivity contribution in [3.8, 4) is 5.75 Å². The molecule has 1 unspecified atom stereocenters. The van der Waals surface area contributed by atoms with Gasteiger partial charge in [0.15, 0.2) is 6.61 Å². The van der Waals surface area contributed by atoms with Crippen molar-refractivity contribution >= 4 is 5.91 Å². The summed E-state index contributed by atoms with van der Waals surface area (Å²) in [5, 5.41) is 13.4. The van der Waals surface area contributed by atoms with Crippen LogP contribution < -0.4 is 10.1 Å². The Morgan fingerprint density at radius 3 is 2.58 bits per heavy atom. The molecule has 1 saturated carbocycles. The molecule has 0 radical (unpaired) electrons. The second kappa shape index (κ2) is 9.04. The van der Waals surface area contributed by atoms with Crippen LogP contribution in [0.4, 0.5) is 0 Å². The van der Waals surface area contributed by atoms with E-state index < -0.39 is 0 Å². The number of aliphatic hydroxyl groups excluding tert-OH is 1. The minimum atomic E-state index is -0.143. The van der Waals surface area contributed by atoms with E-state index in [1.54, 1.807) is 14.1 Å². The highest BCUT2D eigenvalue weighted by molar-refractivity contribution is 5.77. The molecule has 0 saturated heterocycles. The third kappa shape index (κ3) is 5.21. The normalized spacial score (nSPS) is 22.0. The van der Waals surface area contributed by atoms with E-state index in [0.29, 0.717) is 6.04 Å². The van der Waals surface area contributed by atoms with Crippen molar-refractivity contribution in [3.63, 3.8) is 0 Å². The Hall–Kier alpha value is -1.59. The molecule has 0 spiro atoms. The first-order valence-corrected chi connectivity index (χ1v) is 8.87. The average Bonchev–Trinajstić information content (AvgIpc) is 2.59. The van der Waals surface area contributed by atoms with Crippen LogP contribution in [0.15, 0.2) is 24.3 Å². The van der Waals surface area contributed by atoms with Crippen LogP contribution in [0.1, 0.15) is 50.6 Å². The second-order valence-corrected chi connectivity index (χ2v) is 6.75. The molecule has 2 N–H and O–H groups in total. The molecule has 134 valence electrons. The van der Waals surface area contributed by atoms with E-state index in [0.717, 1.165) is 43.4 Å². The highest BCUT2D eigenvalue weighted by Crippen LogP contribution is 2.29. The summed E-state index contributed by atoms with van der Waals surface area (Å²) < 4.78 is 5.78. The van der Waals surface area contributed by atoms with Gasteiger partial charge in [0.25, 0.3) is 5.91 Å². The van der Waals surface area contributed by atoms with Gasteiger partial charge in [-0.1, -0.05) is 25.1 Å². The number of carbonyl (C=O) groups is 1. The van der Waals surface area contributed by atoms with E-state index in [4.69, 9.17) is 4.74 Å². The second-order valence-electron chi connectivity index (χ2n) is 6.75. The molecule has 1 aromatic rings. The summed E-state index contributed by atoms with van der Waals surface area (Å²) >= 11 is 0. The molecule has 1 amide bonds. The number of carbonyl (C=O) groups excluding carboxylic acids is 1. The fraction of sp³-hybridized carbons (Fsp3) is 0.632. The predicted octanol–water partition coefficient (Wildman–Crippen LogP) is 2.50. The summed E-state index contributed by atoms with van der Waals surface area (Å²) in [5.74, 6) is 0.718. The number of amides is 1. The van der Waals surface area contributed by atoms with Crippen LogP contribution in [-0.2, 0) is 4.79 Å². The number of hydrogen-bond acceptors (Lipinski definition) is 4. The van der Waals surface area contributed by atoms with Gasteiger partial charge in [0.2, 0.25) is 0 Å². The van der Waals surface area contributed by atoms with Crippen molar-refractivity contribution in [1.82, 2.24) is 10.2 Å². The number of hydrogen-bond donors (Lipinski definition) is 2. The van der Waals surface area contributed by atoms with Crippen LogP contribution in [0.2, 0.25) is 0 Å². The fourth-order valence-electron chi connectivity index (χ4n) is 3.12. The first-order chi connectivity index (χ1) is 11.5. The number of nitrogens with zero attached hydrogens (tertiary/aromatic N) is 1. The number of ether oxygens (including phenoxy) is 1. The Kier molecular flexibility index (Phi) is 7.06. The summed E-state index contributed by atoms with van der Waals surface area (Å²) in [6, 6.07) is 8.54. The first-order valence-electron chi connectivity index (χ1n) is 8.87. The summed E-state index contributed by atoms with van der Waals surface area (Å²) in [6.45, 7) is 2.20. The maximum Gasteiger partial charge on any atom is 0.259 e. The SMILES string of the molecule is CCC(NC1CCC(O)CC1)c1ccccc1OCC(=O)N(C)C. The Labute approximate surface area is 145 Å². The van der Waals surface area contributed by atoms with Gasteiger partial charge in [-0.05, 0) is 38.2 Å².